The normalized spacial score (nSPS) is 20.2. The molecule has 2 fully saturated rings. The largest absolute Gasteiger partial charge is 0.492 e. The molecule has 6 rings (SSSR count). The Morgan fingerprint density at radius 3 is 2.56 bits per heavy atom. The zero-order valence-electron chi connectivity index (χ0n) is 29.3. The summed E-state index contributed by atoms with van der Waals surface area (Å²) in [7, 11) is 4.04. The van der Waals surface area contributed by atoms with Crippen molar-refractivity contribution in [2.75, 3.05) is 44.0 Å². The van der Waals surface area contributed by atoms with Gasteiger partial charge in [0.25, 0.3) is 0 Å². The molecule has 12 nitrogen and oxygen atoms in total. The van der Waals surface area contributed by atoms with E-state index >= 15 is 0 Å². The number of hydrogen-bond donors (Lipinski definition) is 2. The number of nitrogens with zero attached hydrogens (tertiary/aromatic N) is 7. The first kappa shape index (κ1) is 33.6. The van der Waals surface area contributed by atoms with Crippen molar-refractivity contribution in [3.63, 3.8) is 0 Å². The minimum Gasteiger partial charge on any atom is -0.492 e. The Hall–Kier alpha value is -4.32. The van der Waals surface area contributed by atoms with Crippen molar-refractivity contribution in [1.29, 1.82) is 0 Å². The van der Waals surface area contributed by atoms with Crippen LogP contribution in [0.2, 0.25) is 0 Å². The second-order valence-corrected chi connectivity index (χ2v) is 14.5. The molecule has 1 saturated heterocycles. The number of aromatic nitrogens is 5. The molecule has 4 heterocycles. The van der Waals surface area contributed by atoms with Gasteiger partial charge in [-0.15, -0.1) is 10.2 Å². The highest BCUT2D eigenvalue weighted by atomic mass is 16.5. The third-order valence-electron chi connectivity index (χ3n) is 9.32. The predicted octanol–water partition coefficient (Wildman–Crippen LogP) is 6.04. The first-order valence-electron chi connectivity index (χ1n) is 17.4. The van der Waals surface area contributed by atoms with E-state index in [4.69, 9.17) is 14.6 Å². The number of pyridine rings is 1. The third kappa shape index (κ3) is 8.03. The van der Waals surface area contributed by atoms with Crippen LogP contribution in [0, 0.1) is 0 Å². The quantitative estimate of drug-likeness (QED) is 0.212. The summed E-state index contributed by atoms with van der Waals surface area (Å²) in [5, 5.41) is 20.1. The van der Waals surface area contributed by atoms with Gasteiger partial charge >= 0.3 is 6.03 Å². The molecule has 0 unspecified atom stereocenters. The highest BCUT2D eigenvalue weighted by molar-refractivity contribution is 5.89. The molecule has 12 heteroatoms. The number of nitrogens with one attached hydrogen (secondary N) is 2. The van der Waals surface area contributed by atoms with Gasteiger partial charge in [0, 0.05) is 42.7 Å². The summed E-state index contributed by atoms with van der Waals surface area (Å²) in [6, 6.07) is 14.0. The van der Waals surface area contributed by atoms with Crippen molar-refractivity contribution in [3.8, 4) is 17.2 Å². The van der Waals surface area contributed by atoms with E-state index in [1.165, 1.54) is 19.3 Å². The number of urea groups is 1. The van der Waals surface area contributed by atoms with E-state index in [0.717, 1.165) is 73.2 Å². The molecule has 0 spiro atoms. The van der Waals surface area contributed by atoms with Crippen LogP contribution in [-0.4, -0.2) is 87.3 Å². The first-order valence-corrected chi connectivity index (χ1v) is 17.4. The summed E-state index contributed by atoms with van der Waals surface area (Å²) >= 11 is 0. The van der Waals surface area contributed by atoms with Crippen LogP contribution in [0.1, 0.15) is 78.3 Å². The van der Waals surface area contributed by atoms with E-state index in [-0.39, 0.29) is 23.6 Å². The number of hydrogen-bond acceptors (Lipinski definition) is 8. The molecule has 4 aromatic rings. The van der Waals surface area contributed by atoms with E-state index < -0.39 is 0 Å². The molecular weight excluding hydrogens is 606 g/mol. The number of anilines is 2. The number of carbonyl (C=O) groups is 1. The SMILES string of the molecule is C[C@H]1CCCCN1c1nnc2ccc(O[C@H]3CC[C@H](NC(=O)Nc4cc(C(C)(C)C)nn4-c4cccc(OCCN(C)C)c4)CC3)cn12. The van der Waals surface area contributed by atoms with Crippen molar-refractivity contribution in [3.05, 3.63) is 54.4 Å². The van der Waals surface area contributed by atoms with Crippen LogP contribution >= 0.6 is 0 Å². The smallest absolute Gasteiger partial charge is 0.320 e. The number of amides is 2. The van der Waals surface area contributed by atoms with Gasteiger partial charge in [0.05, 0.1) is 23.7 Å². The monoisotopic (exact) mass is 657 g/mol. The lowest BCUT2D eigenvalue weighted by atomic mass is 9.92. The van der Waals surface area contributed by atoms with E-state index in [0.29, 0.717) is 18.5 Å². The molecule has 48 heavy (non-hydrogen) atoms. The number of fused-ring (bicyclic) bond motifs is 1. The molecule has 1 atom stereocenters. The van der Waals surface area contributed by atoms with Crippen molar-refractivity contribution in [2.45, 2.75) is 96.2 Å². The standard InChI is InChI=1S/C36H51N9O3/c1-25-10-7-8-19-43(25)35-40-39-32-18-17-30(24-44(32)35)48-28-15-13-26(14-16-28)37-34(46)38-33-23-31(36(2,3)4)41-45(33)27-11-9-12-29(22-27)47-21-20-42(5)6/h9,11-12,17-18,22-26,28H,7-8,10,13-16,19-21H2,1-6H3,(H2,37,38,46)/t25-,26-,28-/m0/s1. The Bertz CT molecular complexity index is 1680. The summed E-state index contributed by atoms with van der Waals surface area (Å²) in [4.78, 5) is 17.7. The van der Waals surface area contributed by atoms with Gasteiger partial charge in [-0.3, -0.25) is 9.72 Å². The lowest BCUT2D eigenvalue weighted by Crippen LogP contribution is -2.42. The number of benzene rings is 1. The fourth-order valence-electron chi connectivity index (χ4n) is 6.46. The first-order chi connectivity index (χ1) is 23.0. The van der Waals surface area contributed by atoms with Crippen LogP contribution in [-0.2, 0) is 5.41 Å². The Morgan fingerprint density at radius 1 is 1.00 bits per heavy atom. The Kier molecular flexibility index (Phi) is 10.1. The van der Waals surface area contributed by atoms with Gasteiger partial charge in [0.15, 0.2) is 5.65 Å². The van der Waals surface area contributed by atoms with Gasteiger partial charge in [-0.05, 0) is 90.2 Å². The van der Waals surface area contributed by atoms with Crippen LogP contribution in [0.4, 0.5) is 16.6 Å². The molecule has 3 aromatic heterocycles. The maximum Gasteiger partial charge on any atom is 0.320 e. The molecule has 0 radical (unpaired) electrons. The molecule has 1 aliphatic heterocycles. The maximum atomic E-state index is 13.3. The molecular formula is C36H51N9O3. The lowest BCUT2D eigenvalue weighted by molar-refractivity contribution is 0.140. The van der Waals surface area contributed by atoms with E-state index in [9.17, 15) is 4.79 Å². The fourth-order valence-corrected chi connectivity index (χ4v) is 6.46. The molecule has 1 saturated carbocycles. The molecule has 258 valence electrons. The third-order valence-corrected chi connectivity index (χ3v) is 9.32. The number of ether oxygens (including phenoxy) is 2. The van der Waals surface area contributed by atoms with Crippen molar-refractivity contribution >= 4 is 23.4 Å². The summed E-state index contributed by atoms with van der Waals surface area (Å²) in [6.45, 7) is 11.0. The van der Waals surface area contributed by atoms with Crippen LogP contribution in [0.15, 0.2) is 48.7 Å². The van der Waals surface area contributed by atoms with E-state index in [1.807, 2.05) is 62.8 Å². The second kappa shape index (κ2) is 14.4. The molecule has 2 amide bonds. The zero-order chi connectivity index (χ0) is 33.8. The van der Waals surface area contributed by atoms with Crippen LogP contribution in [0.3, 0.4) is 0 Å². The van der Waals surface area contributed by atoms with Crippen LogP contribution in [0.5, 0.6) is 11.5 Å². The minimum atomic E-state index is -0.239. The van der Waals surface area contributed by atoms with E-state index in [1.54, 1.807) is 4.68 Å². The molecule has 2 aliphatic rings. The summed E-state index contributed by atoms with van der Waals surface area (Å²) < 4.78 is 16.3. The average Bonchev–Trinajstić information content (AvgIpc) is 3.67. The Balaban J connectivity index is 1.06. The highest BCUT2D eigenvalue weighted by Crippen LogP contribution is 2.30. The van der Waals surface area contributed by atoms with Gasteiger partial charge in [-0.1, -0.05) is 26.8 Å². The summed E-state index contributed by atoms with van der Waals surface area (Å²) in [5.41, 5.74) is 2.34. The molecule has 1 aliphatic carbocycles. The number of likely N-dealkylation sites (N-methyl/N-ethyl adjacent to an activating group) is 1. The van der Waals surface area contributed by atoms with E-state index in [2.05, 4.69) is 62.7 Å². The molecule has 1 aromatic carbocycles. The fraction of sp³-hybridized carbons (Fsp3) is 0.556. The number of carbonyl (C=O) groups excluding carboxylic acids is 1. The summed E-state index contributed by atoms with van der Waals surface area (Å²) in [5.74, 6) is 3.08. The summed E-state index contributed by atoms with van der Waals surface area (Å²) in [6.07, 6.45) is 9.08. The number of rotatable bonds is 10. The van der Waals surface area contributed by atoms with Gasteiger partial charge in [-0.25, -0.2) is 9.48 Å². The van der Waals surface area contributed by atoms with Gasteiger partial charge in [-0.2, -0.15) is 5.10 Å². The Labute approximate surface area is 283 Å². The predicted molar refractivity (Wildman–Crippen MR) is 189 cm³/mol. The zero-order valence-corrected chi connectivity index (χ0v) is 29.3. The van der Waals surface area contributed by atoms with Gasteiger partial charge < -0.3 is 24.6 Å². The van der Waals surface area contributed by atoms with Gasteiger partial charge in [0.2, 0.25) is 5.95 Å². The van der Waals surface area contributed by atoms with Crippen LogP contribution < -0.4 is 25.0 Å². The van der Waals surface area contributed by atoms with Crippen molar-refractivity contribution in [2.24, 2.45) is 0 Å². The van der Waals surface area contributed by atoms with Crippen LogP contribution in [0.25, 0.3) is 11.3 Å². The highest BCUT2D eigenvalue weighted by Gasteiger charge is 2.27. The van der Waals surface area contributed by atoms with Crippen molar-refractivity contribution < 1.29 is 14.3 Å². The molecule has 0 bridgehead atoms. The number of piperidine rings is 1. The van der Waals surface area contributed by atoms with Crippen molar-refractivity contribution in [1.82, 2.24) is 34.6 Å². The minimum absolute atomic E-state index is 0.0595. The van der Waals surface area contributed by atoms with Gasteiger partial charge in [0.1, 0.15) is 23.9 Å². The maximum absolute atomic E-state index is 13.3. The average molecular weight is 658 g/mol. The lowest BCUT2D eigenvalue weighted by Gasteiger charge is -2.33. The topological polar surface area (TPSA) is 114 Å². The molecule has 2 N–H and O–H groups in total. The Morgan fingerprint density at radius 2 is 1.81 bits per heavy atom. The second-order valence-electron chi connectivity index (χ2n) is 14.5.